The van der Waals surface area contributed by atoms with Gasteiger partial charge in [0.25, 0.3) is 0 Å². The molecule has 1 heterocycles. The summed E-state index contributed by atoms with van der Waals surface area (Å²) in [4.78, 5) is 4.10. The fourth-order valence-electron chi connectivity index (χ4n) is 0.605. The van der Waals surface area contributed by atoms with E-state index in [1.807, 2.05) is 18.2 Å². The van der Waals surface area contributed by atoms with E-state index < -0.39 is 0 Å². The van der Waals surface area contributed by atoms with Gasteiger partial charge in [-0.3, -0.25) is 4.99 Å². The van der Waals surface area contributed by atoms with Crippen LogP contribution in [-0.2, 0) is 0 Å². The first-order valence-corrected chi connectivity index (χ1v) is 3.13. The van der Waals surface area contributed by atoms with Gasteiger partial charge in [0, 0.05) is 6.20 Å². The number of allylic oxidation sites excluding steroid dienone is 2. The van der Waals surface area contributed by atoms with Crippen molar-refractivity contribution in [3.63, 3.8) is 0 Å². The third kappa shape index (κ3) is 1.90. The van der Waals surface area contributed by atoms with Crippen molar-refractivity contribution in [3.8, 4) is 0 Å². The maximum Gasteiger partial charge on any atom is 0.147 e. The molecule has 1 radical (unpaired) electrons. The lowest BCUT2D eigenvalue weighted by atomic mass is 10.4. The van der Waals surface area contributed by atoms with E-state index >= 15 is 0 Å². The first kappa shape index (κ1) is 6.81. The molecule has 0 spiro atoms. The molecule has 0 atom stereocenters. The van der Waals surface area contributed by atoms with Gasteiger partial charge in [0.1, 0.15) is 5.84 Å². The molecule has 0 aromatic carbocycles. The van der Waals surface area contributed by atoms with Gasteiger partial charge in [0.05, 0.1) is 6.54 Å². The van der Waals surface area contributed by atoms with Gasteiger partial charge in [-0.25, -0.2) is 5.32 Å². The molecule has 0 aromatic heterocycles. The third-order valence-electron chi connectivity index (χ3n) is 1.03. The van der Waals surface area contributed by atoms with E-state index in [1.165, 1.54) is 0 Å². The summed E-state index contributed by atoms with van der Waals surface area (Å²) in [6.07, 6.45) is 9.11. The van der Waals surface area contributed by atoms with Gasteiger partial charge in [-0.05, 0) is 12.2 Å². The lowest BCUT2D eigenvalue weighted by Crippen LogP contribution is -2.09. The molecule has 0 saturated heterocycles. The largest absolute Gasteiger partial charge is 0.263 e. The van der Waals surface area contributed by atoms with Gasteiger partial charge in [0.2, 0.25) is 0 Å². The van der Waals surface area contributed by atoms with Crippen LogP contribution in [0.4, 0.5) is 0 Å². The molecule has 0 aromatic rings. The highest BCUT2D eigenvalue weighted by atomic mass is 15.0. The van der Waals surface area contributed by atoms with Crippen LogP contribution < -0.4 is 5.32 Å². The van der Waals surface area contributed by atoms with Crippen LogP contribution in [0.2, 0.25) is 0 Å². The zero-order valence-electron chi connectivity index (χ0n) is 5.70. The van der Waals surface area contributed by atoms with Gasteiger partial charge < -0.3 is 0 Å². The molecular formula is C8H9N2. The molecule has 0 amide bonds. The molecule has 1 rings (SSSR count). The van der Waals surface area contributed by atoms with Crippen molar-refractivity contribution in [2.45, 2.75) is 0 Å². The summed E-state index contributed by atoms with van der Waals surface area (Å²) in [5.74, 6) is 0.766. The van der Waals surface area contributed by atoms with Crippen LogP contribution in [0.5, 0.6) is 0 Å². The topological polar surface area (TPSA) is 26.5 Å². The van der Waals surface area contributed by atoms with E-state index in [-0.39, 0.29) is 0 Å². The fourth-order valence-corrected chi connectivity index (χ4v) is 0.605. The summed E-state index contributed by atoms with van der Waals surface area (Å²) in [5, 5.41) is 4.00. The van der Waals surface area contributed by atoms with Crippen LogP contribution in [0.1, 0.15) is 0 Å². The van der Waals surface area contributed by atoms with Crippen LogP contribution >= 0.6 is 0 Å². The highest BCUT2D eigenvalue weighted by Gasteiger charge is 1.92. The average Bonchev–Trinajstić information content (AvgIpc) is 2.03. The Morgan fingerprint density at radius 2 is 2.50 bits per heavy atom. The summed E-state index contributed by atoms with van der Waals surface area (Å²) in [6, 6.07) is 0. The third-order valence-corrected chi connectivity index (χ3v) is 1.03. The molecule has 51 valence electrons. The molecule has 0 fully saturated rings. The van der Waals surface area contributed by atoms with Crippen molar-refractivity contribution >= 4 is 5.84 Å². The summed E-state index contributed by atoms with van der Waals surface area (Å²) < 4.78 is 0. The number of amidine groups is 1. The molecule has 1 aliphatic heterocycles. The number of hydrogen-bond acceptors (Lipinski definition) is 1. The molecule has 1 aliphatic rings. The Bertz CT molecular complexity index is 199. The standard InChI is InChI=1S/C8H9N2/c1-2-6-9-8-5-3-4-7-10-8/h2-5,7H,1,6H2/b9-8+. The van der Waals surface area contributed by atoms with Crippen LogP contribution in [0.15, 0.2) is 42.1 Å². The minimum Gasteiger partial charge on any atom is -0.263 e. The number of rotatable bonds is 2. The van der Waals surface area contributed by atoms with Crippen LogP contribution in [0, 0.1) is 0 Å². The zero-order chi connectivity index (χ0) is 7.23. The summed E-state index contributed by atoms with van der Waals surface area (Å²) in [6.45, 7) is 4.19. The SMILES string of the molecule is C=CC/N=C1\C=CC=C[N]1. The van der Waals surface area contributed by atoms with Gasteiger partial charge in [0.15, 0.2) is 0 Å². The quantitative estimate of drug-likeness (QED) is 0.507. The van der Waals surface area contributed by atoms with E-state index in [1.54, 1.807) is 12.3 Å². The Balaban J connectivity index is 2.49. The molecule has 0 aliphatic carbocycles. The smallest absolute Gasteiger partial charge is 0.147 e. The predicted octanol–water partition coefficient (Wildman–Crippen LogP) is 1.26. The second kappa shape index (κ2) is 3.67. The molecule has 0 unspecified atom stereocenters. The molecule has 0 saturated carbocycles. The van der Waals surface area contributed by atoms with Crippen molar-refractivity contribution in [2.24, 2.45) is 4.99 Å². The minimum atomic E-state index is 0.636. The summed E-state index contributed by atoms with van der Waals surface area (Å²) >= 11 is 0. The Morgan fingerprint density at radius 3 is 3.10 bits per heavy atom. The molecule has 2 nitrogen and oxygen atoms in total. The van der Waals surface area contributed by atoms with Crippen molar-refractivity contribution in [1.82, 2.24) is 5.32 Å². The summed E-state index contributed by atoms with van der Waals surface area (Å²) in [5.41, 5.74) is 0. The van der Waals surface area contributed by atoms with Gasteiger partial charge in [-0.1, -0.05) is 12.2 Å². The summed E-state index contributed by atoms with van der Waals surface area (Å²) in [7, 11) is 0. The first-order valence-electron chi connectivity index (χ1n) is 3.13. The lowest BCUT2D eigenvalue weighted by molar-refractivity contribution is 1.16. The first-order chi connectivity index (χ1) is 4.93. The highest BCUT2D eigenvalue weighted by molar-refractivity contribution is 5.94. The van der Waals surface area contributed by atoms with Crippen molar-refractivity contribution in [1.29, 1.82) is 0 Å². The second-order valence-corrected chi connectivity index (χ2v) is 1.82. The monoisotopic (exact) mass is 133 g/mol. The average molecular weight is 133 g/mol. The predicted molar refractivity (Wildman–Crippen MR) is 42.9 cm³/mol. The lowest BCUT2D eigenvalue weighted by Gasteiger charge is -1.98. The molecule has 2 heteroatoms. The number of nitrogens with zero attached hydrogens (tertiary/aromatic N) is 2. The molecule has 0 N–H and O–H groups in total. The van der Waals surface area contributed by atoms with E-state index in [9.17, 15) is 0 Å². The molecule has 0 bridgehead atoms. The molecule has 10 heavy (non-hydrogen) atoms. The maximum absolute atomic E-state index is 4.10. The van der Waals surface area contributed by atoms with Crippen LogP contribution in [-0.4, -0.2) is 12.4 Å². The van der Waals surface area contributed by atoms with Gasteiger partial charge in [-0.2, -0.15) is 0 Å². The van der Waals surface area contributed by atoms with E-state index in [0.29, 0.717) is 6.54 Å². The zero-order valence-corrected chi connectivity index (χ0v) is 5.70. The number of aliphatic imine (C=N–C) groups is 1. The van der Waals surface area contributed by atoms with E-state index in [0.717, 1.165) is 5.84 Å². The van der Waals surface area contributed by atoms with Crippen molar-refractivity contribution < 1.29 is 0 Å². The van der Waals surface area contributed by atoms with Crippen molar-refractivity contribution in [2.75, 3.05) is 6.54 Å². The Kier molecular flexibility index (Phi) is 2.49. The Hall–Kier alpha value is -1.31. The molecular weight excluding hydrogens is 124 g/mol. The maximum atomic E-state index is 4.10. The fraction of sp³-hybridized carbons (Fsp3) is 0.125. The Labute approximate surface area is 60.7 Å². The van der Waals surface area contributed by atoms with Crippen LogP contribution in [0.25, 0.3) is 0 Å². The minimum absolute atomic E-state index is 0.636. The Morgan fingerprint density at radius 1 is 1.60 bits per heavy atom. The van der Waals surface area contributed by atoms with E-state index in [4.69, 9.17) is 0 Å². The second-order valence-electron chi connectivity index (χ2n) is 1.82. The van der Waals surface area contributed by atoms with Crippen molar-refractivity contribution in [3.05, 3.63) is 37.1 Å². The van der Waals surface area contributed by atoms with E-state index in [2.05, 4.69) is 16.9 Å². The highest BCUT2D eigenvalue weighted by Crippen LogP contribution is 1.89. The van der Waals surface area contributed by atoms with Gasteiger partial charge in [-0.15, -0.1) is 6.58 Å². The van der Waals surface area contributed by atoms with Crippen LogP contribution in [0.3, 0.4) is 0 Å². The normalized spacial score (nSPS) is 19.0. The number of hydrogen-bond donors (Lipinski definition) is 0. The van der Waals surface area contributed by atoms with Gasteiger partial charge >= 0.3 is 0 Å².